The summed E-state index contributed by atoms with van der Waals surface area (Å²) in [5, 5.41) is 2.91. The van der Waals surface area contributed by atoms with Crippen molar-refractivity contribution >= 4 is 5.95 Å². The molecule has 0 bridgehead atoms. The van der Waals surface area contributed by atoms with Gasteiger partial charge in [-0.1, -0.05) is 45.0 Å². The third kappa shape index (κ3) is 3.04. The molecule has 0 saturated carbocycles. The highest BCUT2D eigenvalue weighted by Crippen LogP contribution is 2.25. The Bertz CT molecular complexity index is 566. The molecule has 0 aliphatic heterocycles. The molecule has 5 nitrogen and oxygen atoms in total. The molecule has 5 heteroatoms. The third-order valence-corrected chi connectivity index (χ3v) is 3.03. The van der Waals surface area contributed by atoms with Crippen LogP contribution in [0.1, 0.15) is 26.3 Å². The van der Waals surface area contributed by atoms with Gasteiger partial charge in [-0.3, -0.25) is 0 Å². The number of hydrogen-bond donors (Lipinski definition) is 1. The van der Waals surface area contributed by atoms with E-state index in [1.54, 1.807) is 14.2 Å². The molecule has 1 N–H and O–H groups in total. The van der Waals surface area contributed by atoms with Gasteiger partial charge < -0.3 is 10.1 Å². The number of hydrogen-bond acceptors (Lipinski definition) is 5. The van der Waals surface area contributed by atoms with E-state index in [4.69, 9.17) is 4.74 Å². The van der Waals surface area contributed by atoms with Crippen LogP contribution in [0, 0.1) is 0 Å². The summed E-state index contributed by atoms with van der Waals surface area (Å²) in [5.74, 6) is 1.09. The molecule has 0 amide bonds. The second-order valence-electron chi connectivity index (χ2n) is 5.55. The Kier molecular flexibility index (Phi) is 3.88. The lowest BCUT2D eigenvalue weighted by Gasteiger charge is -2.19. The van der Waals surface area contributed by atoms with Crippen LogP contribution in [0.4, 0.5) is 5.95 Å². The lowest BCUT2D eigenvalue weighted by atomic mass is 9.87. The monoisotopic (exact) mass is 272 g/mol. The molecule has 0 radical (unpaired) electrons. The first-order valence-corrected chi connectivity index (χ1v) is 6.53. The second-order valence-corrected chi connectivity index (χ2v) is 5.55. The summed E-state index contributed by atoms with van der Waals surface area (Å²) >= 11 is 0. The molecule has 1 heterocycles. The van der Waals surface area contributed by atoms with Crippen molar-refractivity contribution in [3.63, 3.8) is 0 Å². The number of rotatable bonds is 3. The predicted octanol–water partition coefficient (Wildman–Crippen LogP) is 2.89. The Labute approximate surface area is 119 Å². The lowest BCUT2D eigenvalue weighted by molar-refractivity contribution is 0.379. The van der Waals surface area contributed by atoms with Gasteiger partial charge >= 0.3 is 6.01 Å². The summed E-state index contributed by atoms with van der Waals surface area (Å²) < 4.78 is 5.09. The van der Waals surface area contributed by atoms with E-state index in [0.717, 1.165) is 5.56 Å². The molecule has 20 heavy (non-hydrogen) atoms. The molecular weight excluding hydrogens is 252 g/mol. The molecule has 106 valence electrons. The Morgan fingerprint density at radius 2 is 1.65 bits per heavy atom. The number of anilines is 1. The van der Waals surface area contributed by atoms with E-state index in [-0.39, 0.29) is 5.41 Å². The summed E-state index contributed by atoms with van der Waals surface area (Å²) in [5.41, 5.74) is 2.34. The molecule has 1 aromatic carbocycles. The van der Waals surface area contributed by atoms with E-state index in [1.165, 1.54) is 5.56 Å². The van der Waals surface area contributed by atoms with Crippen LogP contribution in [0.2, 0.25) is 0 Å². The summed E-state index contributed by atoms with van der Waals surface area (Å²) in [7, 11) is 3.31. The van der Waals surface area contributed by atoms with Gasteiger partial charge in [0.15, 0.2) is 5.82 Å². The predicted molar refractivity (Wildman–Crippen MR) is 80.1 cm³/mol. The van der Waals surface area contributed by atoms with Crippen LogP contribution in [0.25, 0.3) is 11.4 Å². The van der Waals surface area contributed by atoms with Crippen LogP contribution in [0.3, 0.4) is 0 Å². The first-order valence-electron chi connectivity index (χ1n) is 6.53. The van der Waals surface area contributed by atoms with E-state index >= 15 is 0 Å². The maximum absolute atomic E-state index is 5.09. The number of nitrogens with zero attached hydrogens (tertiary/aromatic N) is 3. The standard InChI is InChI=1S/C15H20N4O/c1-15(2,3)11-8-6-10(7-9-11)12-17-13(16-4)19-14(18-12)20-5/h6-9H,1-5H3,(H,16,17,18,19). The first-order chi connectivity index (χ1) is 9.44. The van der Waals surface area contributed by atoms with Crippen LogP contribution < -0.4 is 10.1 Å². The average molecular weight is 272 g/mol. The Morgan fingerprint density at radius 1 is 1.00 bits per heavy atom. The van der Waals surface area contributed by atoms with Crippen LogP contribution in [0.15, 0.2) is 24.3 Å². The molecule has 0 fully saturated rings. The maximum Gasteiger partial charge on any atom is 0.321 e. The van der Waals surface area contributed by atoms with E-state index in [2.05, 4.69) is 53.2 Å². The van der Waals surface area contributed by atoms with Gasteiger partial charge in [0.1, 0.15) is 0 Å². The molecule has 0 spiro atoms. The van der Waals surface area contributed by atoms with Crippen molar-refractivity contribution in [3.05, 3.63) is 29.8 Å². The topological polar surface area (TPSA) is 59.9 Å². The molecule has 0 saturated heterocycles. The fourth-order valence-corrected chi connectivity index (χ4v) is 1.81. The van der Waals surface area contributed by atoms with Crippen molar-refractivity contribution in [3.8, 4) is 17.4 Å². The third-order valence-electron chi connectivity index (χ3n) is 3.03. The van der Waals surface area contributed by atoms with E-state index in [0.29, 0.717) is 17.8 Å². The Morgan fingerprint density at radius 3 is 2.15 bits per heavy atom. The minimum atomic E-state index is 0.130. The van der Waals surface area contributed by atoms with Gasteiger partial charge in [0, 0.05) is 12.6 Å². The molecule has 1 aromatic heterocycles. The Hall–Kier alpha value is -2.17. The molecule has 0 atom stereocenters. The Balaban J connectivity index is 2.41. The average Bonchev–Trinajstić information content (AvgIpc) is 2.46. The highest BCUT2D eigenvalue weighted by molar-refractivity contribution is 5.57. The van der Waals surface area contributed by atoms with Crippen molar-refractivity contribution < 1.29 is 4.74 Å². The van der Waals surface area contributed by atoms with Crippen molar-refractivity contribution in [1.82, 2.24) is 15.0 Å². The number of benzene rings is 1. The highest BCUT2D eigenvalue weighted by atomic mass is 16.5. The van der Waals surface area contributed by atoms with Gasteiger partial charge in [-0.25, -0.2) is 0 Å². The summed E-state index contributed by atoms with van der Waals surface area (Å²) in [6.07, 6.45) is 0. The van der Waals surface area contributed by atoms with Crippen LogP contribution in [0.5, 0.6) is 6.01 Å². The zero-order valence-electron chi connectivity index (χ0n) is 12.6. The van der Waals surface area contributed by atoms with Crippen molar-refractivity contribution in [1.29, 1.82) is 0 Å². The van der Waals surface area contributed by atoms with Gasteiger partial charge in [0.05, 0.1) is 7.11 Å². The van der Waals surface area contributed by atoms with Gasteiger partial charge in [-0.2, -0.15) is 15.0 Å². The van der Waals surface area contributed by atoms with Gasteiger partial charge in [-0.15, -0.1) is 0 Å². The summed E-state index contributed by atoms with van der Waals surface area (Å²) in [6, 6.07) is 8.55. The number of aromatic nitrogens is 3. The van der Waals surface area contributed by atoms with Crippen LogP contribution >= 0.6 is 0 Å². The molecule has 2 aromatic rings. The summed E-state index contributed by atoms with van der Waals surface area (Å²) in [4.78, 5) is 12.7. The molecule has 0 aliphatic carbocycles. The van der Waals surface area contributed by atoms with Crippen molar-refractivity contribution in [2.45, 2.75) is 26.2 Å². The van der Waals surface area contributed by atoms with E-state index in [1.807, 2.05) is 12.1 Å². The lowest BCUT2D eigenvalue weighted by Crippen LogP contribution is -2.10. The molecule has 0 unspecified atom stereocenters. The number of methoxy groups -OCH3 is 1. The SMILES string of the molecule is CNc1nc(OC)nc(-c2ccc(C(C)(C)C)cc2)n1. The van der Waals surface area contributed by atoms with Gasteiger partial charge in [0.25, 0.3) is 0 Å². The molecule has 2 rings (SSSR count). The van der Waals surface area contributed by atoms with Crippen molar-refractivity contribution in [2.75, 3.05) is 19.5 Å². The van der Waals surface area contributed by atoms with Gasteiger partial charge in [0.2, 0.25) is 5.95 Å². The number of nitrogens with one attached hydrogen (secondary N) is 1. The molecule has 0 aliphatic rings. The minimum Gasteiger partial charge on any atom is -0.467 e. The largest absolute Gasteiger partial charge is 0.467 e. The fourth-order valence-electron chi connectivity index (χ4n) is 1.81. The fraction of sp³-hybridized carbons (Fsp3) is 0.400. The van der Waals surface area contributed by atoms with Crippen molar-refractivity contribution in [2.24, 2.45) is 0 Å². The smallest absolute Gasteiger partial charge is 0.321 e. The van der Waals surface area contributed by atoms with E-state index < -0.39 is 0 Å². The maximum atomic E-state index is 5.09. The quantitative estimate of drug-likeness (QED) is 0.931. The molecular formula is C15H20N4O. The normalized spacial score (nSPS) is 11.2. The first kappa shape index (κ1) is 14.2. The highest BCUT2D eigenvalue weighted by Gasteiger charge is 2.14. The zero-order valence-corrected chi connectivity index (χ0v) is 12.6. The van der Waals surface area contributed by atoms with E-state index in [9.17, 15) is 0 Å². The van der Waals surface area contributed by atoms with Crippen LogP contribution in [-0.2, 0) is 5.41 Å². The van der Waals surface area contributed by atoms with Gasteiger partial charge in [-0.05, 0) is 11.0 Å². The number of ether oxygens (including phenoxy) is 1. The minimum absolute atomic E-state index is 0.130. The van der Waals surface area contributed by atoms with Crippen LogP contribution in [-0.4, -0.2) is 29.1 Å². The zero-order chi connectivity index (χ0) is 14.8. The summed E-state index contributed by atoms with van der Waals surface area (Å²) in [6.45, 7) is 6.56. The second kappa shape index (κ2) is 5.45.